The van der Waals surface area contributed by atoms with Crippen molar-refractivity contribution in [3.05, 3.63) is 35.9 Å². The van der Waals surface area contributed by atoms with Gasteiger partial charge in [-0.15, -0.1) is 0 Å². The predicted molar refractivity (Wildman–Crippen MR) is 61.6 cm³/mol. The predicted octanol–water partition coefficient (Wildman–Crippen LogP) is 2.25. The maximum Gasteiger partial charge on any atom is 0.186 e. The van der Waals surface area contributed by atoms with E-state index in [0.29, 0.717) is 0 Å². The van der Waals surface area contributed by atoms with Crippen molar-refractivity contribution in [1.29, 1.82) is 0 Å². The molecule has 0 N–H and O–H groups in total. The number of hydrogen-bond donors (Lipinski definition) is 0. The zero-order valence-corrected chi connectivity index (χ0v) is 10.1. The minimum absolute atomic E-state index is 0.244. The normalized spacial score (nSPS) is 31.7. The van der Waals surface area contributed by atoms with Crippen LogP contribution in [0.25, 0.3) is 0 Å². The van der Waals surface area contributed by atoms with Gasteiger partial charge >= 0.3 is 0 Å². The molecule has 1 aromatic rings. The van der Waals surface area contributed by atoms with Crippen LogP contribution in [0.2, 0.25) is 0 Å². The van der Waals surface area contributed by atoms with Crippen molar-refractivity contribution in [2.24, 2.45) is 0 Å². The molecule has 0 bridgehead atoms. The topological polar surface area (TPSA) is 27.7 Å². The molecule has 5 heteroatoms. The van der Waals surface area contributed by atoms with Gasteiger partial charge in [-0.05, 0) is 5.56 Å². The van der Waals surface area contributed by atoms with Crippen molar-refractivity contribution in [2.75, 3.05) is 13.8 Å². The van der Waals surface area contributed by atoms with Crippen LogP contribution in [0.15, 0.2) is 30.3 Å². The molecule has 1 saturated heterocycles. The maximum absolute atomic E-state index is 13.8. The lowest BCUT2D eigenvalue weighted by Gasteiger charge is -2.18. The van der Waals surface area contributed by atoms with Gasteiger partial charge in [-0.1, -0.05) is 30.3 Å². The molecule has 3 nitrogen and oxygen atoms in total. The van der Waals surface area contributed by atoms with E-state index >= 15 is 0 Å². The summed E-state index contributed by atoms with van der Waals surface area (Å²) in [5, 5.41) is 0. The van der Waals surface area contributed by atoms with Gasteiger partial charge in [-0.25, -0.2) is 8.78 Å². The molecule has 0 unspecified atom stereocenters. The number of alkyl halides is 2. The molecular formula is C13H16F2O3. The average Bonchev–Trinajstić information content (AvgIpc) is 2.73. The highest BCUT2D eigenvalue weighted by molar-refractivity contribution is 5.13. The highest BCUT2D eigenvalue weighted by Gasteiger charge is 2.46. The van der Waals surface area contributed by atoms with Crippen LogP contribution in [0.5, 0.6) is 0 Å². The van der Waals surface area contributed by atoms with Gasteiger partial charge in [0.2, 0.25) is 0 Å². The molecule has 1 aliphatic heterocycles. The van der Waals surface area contributed by atoms with Crippen molar-refractivity contribution < 1.29 is 23.0 Å². The number of hydrogen-bond acceptors (Lipinski definition) is 3. The van der Waals surface area contributed by atoms with Crippen LogP contribution in [0.1, 0.15) is 5.56 Å². The molecular weight excluding hydrogens is 242 g/mol. The second-order valence-corrected chi connectivity index (χ2v) is 4.14. The molecule has 0 saturated carbocycles. The van der Waals surface area contributed by atoms with E-state index in [1.165, 1.54) is 7.11 Å². The number of rotatable bonds is 5. The molecule has 100 valence electrons. The molecule has 0 amide bonds. The smallest absolute Gasteiger partial charge is 0.186 e. The van der Waals surface area contributed by atoms with E-state index in [1.54, 1.807) is 0 Å². The fourth-order valence-corrected chi connectivity index (χ4v) is 1.93. The lowest BCUT2D eigenvalue weighted by atomic mass is 10.1. The number of methoxy groups -OCH3 is 1. The summed E-state index contributed by atoms with van der Waals surface area (Å²) in [7, 11) is 1.39. The Kier molecular flexibility index (Phi) is 4.63. The van der Waals surface area contributed by atoms with E-state index in [2.05, 4.69) is 0 Å². The van der Waals surface area contributed by atoms with Gasteiger partial charge in [-0.2, -0.15) is 0 Å². The Labute approximate surface area is 105 Å². The van der Waals surface area contributed by atoms with E-state index in [4.69, 9.17) is 14.2 Å². The first-order valence-electron chi connectivity index (χ1n) is 5.80. The Hall–Kier alpha value is -1.04. The van der Waals surface area contributed by atoms with Gasteiger partial charge in [0.15, 0.2) is 12.5 Å². The van der Waals surface area contributed by atoms with E-state index in [-0.39, 0.29) is 6.61 Å². The summed E-state index contributed by atoms with van der Waals surface area (Å²) in [6, 6.07) is 9.37. The first kappa shape index (κ1) is 13.4. The molecule has 0 spiro atoms. The monoisotopic (exact) mass is 258 g/mol. The van der Waals surface area contributed by atoms with Gasteiger partial charge in [-0.3, -0.25) is 0 Å². The lowest BCUT2D eigenvalue weighted by Crippen LogP contribution is -2.33. The quantitative estimate of drug-likeness (QED) is 0.810. The molecule has 1 fully saturated rings. The first-order chi connectivity index (χ1) is 8.76. The Balaban J connectivity index is 1.95. The third-order valence-corrected chi connectivity index (χ3v) is 2.92. The fourth-order valence-electron chi connectivity index (χ4n) is 1.93. The Morgan fingerprint density at radius 1 is 1.28 bits per heavy atom. The second kappa shape index (κ2) is 6.22. The van der Waals surface area contributed by atoms with Crippen LogP contribution in [0.4, 0.5) is 8.78 Å². The summed E-state index contributed by atoms with van der Waals surface area (Å²) >= 11 is 0. The summed E-state index contributed by atoms with van der Waals surface area (Å²) in [4.78, 5) is 0. The van der Waals surface area contributed by atoms with Gasteiger partial charge in [0.05, 0.1) is 6.61 Å². The zero-order valence-electron chi connectivity index (χ0n) is 10.1. The van der Waals surface area contributed by atoms with Gasteiger partial charge in [0.1, 0.15) is 18.9 Å². The van der Waals surface area contributed by atoms with Crippen molar-refractivity contribution >= 4 is 0 Å². The molecule has 0 aromatic heterocycles. The molecule has 1 heterocycles. The molecule has 1 aromatic carbocycles. The van der Waals surface area contributed by atoms with Crippen LogP contribution < -0.4 is 0 Å². The van der Waals surface area contributed by atoms with E-state index in [0.717, 1.165) is 5.56 Å². The lowest BCUT2D eigenvalue weighted by molar-refractivity contribution is -0.165. The maximum atomic E-state index is 13.8. The summed E-state index contributed by atoms with van der Waals surface area (Å²) < 4.78 is 41.8. The Morgan fingerprint density at radius 3 is 2.61 bits per heavy atom. The Bertz CT molecular complexity index is 359. The van der Waals surface area contributed by atoms with Crippen molar-refractivity contribution in [2.45, 2.75) is 31.3 Å². The van der Waals surface area contributed by atoms with Crippen LogP contribution >= 0.6 is 0 Å². The molecule has 0 radical (unpaired) electrons. The SMILES string of the molecule is CO[C@H]1O[C@H](CF)[C@@H](F)[C@H]1OCc1ccccc1. The zero-order chi connectivity index (χ0) is 13.0. The first-order valence-corrected chi connectivity index (χ1v) is 5.80. The van der Waals surface area contributed by atoms with Crippen LogP contribution in [0, 0.1) is 0 Å². The average molecular weight is 258 g/mol. The van der Waals surface area contributed by atoms with Crippen molar-refractivity contribution in [3.63, 3.8) is 0 Å². The summed E-state index contributed by atoms with van der Waals surface area (Å²) in [6.45, 7) is -0.639. The molecule has 18 heavy (non-hydrogen) atoms. The number of halogens is 2. The van der Waals surface area contributed by atoms with Gasteiger partial charge in [0, 0.05) is 7.11 Å². The van der Waals surface area contributed by atoms with Crippen LogP contribution in [0.3, 0.4) is 0 Å². The van der Waals surface area contributed by atoms with E-state index in [9.17, 15) is 8.78 Å². The second-order valence-electron chi connectivity index (χ2n) is 4.14. The van der Waals surface area contributed by atoms with Crippen molar-refractivity contribution in [3.8, 4) is 0 Å². The Morgan fingerprint density at radius 2 is 2.00 bits per heavy atom. The van der Waals surface area contributed by atoms with E-state index < -0.39 is 31.3 Å². The summed E-state index contributed by atoms with van der Waals surface area (Å²) in [5.41, 5.74) is 0.920. The van der Waals surface area contributed by atoms with Crippen LogP contribution in [-0.2, 0) is 20.8 Å². The van der Waals surface area contributed by atoms with Crippen LogP contribution in [-0.4, -0.2) is 38.5 Å². The highest BCUT2D eigenvalue weighted by atomic mass is 19.1. The highest BCUT2D eigenvalue weighted by Crippen LogP contribution is 2.28. The standard InChI is InChI=1S/C13H16F2O3/c1-16-13-12(11(15)10(7-14)18-13)17-8-9-5-3-2-4-6-9/h2-6,10-13H,7-8H2,1H3/t10-,11-,12-,13+/m1/s1. The van der Waals surface area contributed by atoms with Gasteiger partial charge < -0.3 is 14.2 Å². The third-order valence-electron chi connectivity index (χ3n) is 2.92. The largest absolute Gasteiger partial charge is 0.365 e. The van der Waals surface area contributed by atoms with E-state index in [1.807, 2.05) is 30.3 Å². The molecule has 4 atom stereocenters. The summed E-state index contributed by atoms with van der Waals surface area (Å²) in [6.07, 6.45) is -4.36. The number of ether oxygens (including phenoxy) is 3. The fraction of sp³-hybridized carbons (Fsp3) is 0.538. The molecule has 0 aliphatic carbocycles. The number of benzene rings is 1. The minimum Gasteiger partial charge on any atom is -0.365 e. The van der Waals surface area contributed by atoms with Gasteiger partial charge in [0.25, 0.3) is 0 Å². The molecule has 1 aliphatic rings. The molecule has 2 rings (SSSR count). The third kappa shape index (κ3) is 2.85. The minimum atomic E-state index is -1.51. The summed E-state index contributed by atoms with van der Waals surface area (Å²) in [5.74, 6) is 0. The van der Waals surface area contributed by atoms with Crippen molar-refractivity contribution in [1.82, 2.24) is 0 Å².